The SMILES string of the molecule is CCCCCCCC1(OCCCCC)C=CC(N=Cc2ccccc2)=CC1. The van der Waals surface area contributed by atoms with E-state index in [4.69, 9.17) is 4.74 Å². The first kappa shape index (κ1) is 21.6. The molecule has 2 rings (SSSR count). The van der Waals surface area contributed by atoms with Crippen molar-refractivity contribution in [3.05, 3.63) is 59.8 Å². The molecule has 27 heavy (non-hydrogen) atoms. The van der Waals surface area contributed by atoms with Gasteiger partial charge in [0, 0.05) is 19.2 Å². The Hall–Kier alpha value is -1.67. The van der Waals surface area contributed by atoms with Gasteiger partial charge in [-0.3, -0.25) is 4.99 Å². The molecular weight excluding hydrogens is 330 g/mol. The largest absolute Gasteiger partial charge is 0.371 e. The van der Waals surface area contributed by atoms with Gasteiger partial charge in [0.15, 0.2) is 0 Å². The second kappa shape index (κ2) is 12.7. The van der Waals surface area contributed by atoms with Crippen LogP contribution >= 0.6 is 0 Å². The van der Waals surface area contributed by atoms with E-state index in [-0.39, 0.29) is 5.60 Å². The molecule has 1 aromatic carbocycles. The first-order valence-corrected chi connectivity index (χ1v) is 10.9. The number of unbranched alkanes of at least 4 members (excludes halogenated alkanes) is 6. The fourth-order valence-electron chi connectivity index (χ4n) is 3.45. The molecule has 0 heterocycles. The molecule has 0 fully saturated rings. The normalized spacial score (nSPS) is 19.6. The minimum Gasteiger partial charge on any atom is -0.371 e. The lowest BCUT2D eigenvalue weighted by Crippen LogP contribution is -2.31. The summed E-state index contributed by atoms with van der Waals surface area (Å²) in [5.74, 6) is 0. The van der Waals surface area contributed by atoms with Crippen LogP contribution in [0.2, 0.25) is 0 Å². The molecule has 1 unspecified atom stereocenters. The van der Waals surface area contributed by atoms with Crippen LogP contribution in [-0.4, -0.2) is 18.4 Å². The van der Waals surface area contributed by atoms with Gasteiger partial charge < -0.3 is 4.74 Å². The van der Waals surface area contributed by atoms with Gasteiger partial charge >= 0.3 is 0 Å². The molecule has 0 saturated heterocycles. The molecule has 1 atom stereocenters. The number of hydrogen-bond donors (Lipinski definition) is 0. The number of rotatable bonds is 13. The summed E-state index contributed by atoms with van der Waals surface area (Å²) in [6, 6.07) is 10.3. The Bertz CT molecular complexity index is 602. The highest BCUT2D eigenvalue weighted by Crippen LogP contribution is 2.31. The molecule has 148 valence electrons. The molecule has 2 heteroatoms. The fraction of sp³-hybridized carbons (Fsp3) is 0.560. The van der Waals surface area contributed by atoms with Crippen molar-refractivity contribution < 1.29 is 4.74 Å². The van der Waals surface area contributed by atoms with E-state index in [9.17, 15) is 0 Å². The quantitative estimate of drug-likeness (QED) is 0.266. The van der Waals surface area contributed by atoms with Gasteiger partial charge in [-0.1, -0.05) is 101 Å². The monoisotopic (exact) mass is 367 g/mol. The molecule has 0 spiro atoms. The molecule has 0 amide bonds. The van der Waals surface area contributed by atoms with Crippen molar-refractivity contribution >= 4 is 6.21 Å². The summed E-state index contributed by atoms with van der Waals surface area (Å²) in [6.07, 6.45) is 20.8. The first-order chi connectivity index (χ1) is 13.3. The molecule has 0 aliphatic heterocycles. The van der Waals surface area contributed by atoms with Gasteiger partial charge in [0.25, 0.3) is 0 Å². The van der Waals surface area contributed by atoms with E-state index in [2.05, 4.69) is 49.2 Å². The number of hydrogen-bond acceptors (Lipinski definition) is 2. The van der Waals surface area contributed by atoms with E-state index in [1.54, 1.807) is 0 Å². The van der Waals surface area contributed by atoms with Crippen molar-refractivity contribution in [2.45, 2.75) is 83.7 Å². The van der Waals surface area contributed by atoms with Crippen LogP contribution in [0.5, 0.6) is 0 Å². The summed E-state index contributed by atoms with van der Waals surface area (Å²) in [7, 11) is 0. The lowest BCUT2D eigenvalue weighted by molar-refractivity contribution is -0.0168. The van der Waals surface area contributed by atoms with E-state index in [0.717, 1.165) is 37.1 Å². The van der Waals surface area contributed by atoms with Crippen molar-refractivity contribution in [1.29, 1.82) is 0 Å². The zero-order chi connectivity index (χ0) is 19.2. The topological polar surface area (TPSA) is 21.6 Å². The Labute approximate surface area is 166 Å². The number of benzene rings is 1. The standard InChI is InChI=1S/C25H37NO/c1-3-5-7-8-12-18-25(27-21-13-6-4-2)19-16-24(17-20-25)26-22-23-14-10-9-11-15-23/h9-11,14-17,19,22H,3-8,12-13,18,20-21H2,1-2H3. The third-order valence-corrected chi connectivity index (χ3v) is 5.22. The van der Waals surface area contributed by atoms with E-state index < -0.39 is 0 Å². The van der Waals surface area contributed by atoms with Crippen LogP contribution in [0.25, 0.3) is 0 Å². The fourth-order valence-corrected chi connectivity index (χ4v) is 3.45. The lowest BCUT2D eigenvalue weighted by atomic mass is 9.88. The van der Waals surface area contributed by atoms with Gasteiger partial charge in [-0.2, -0.15) is 0 Å². The van der Waals surface area contributed by atoms with Gasteiger partial charge in [-0.25, -0.2) is 0 Å². The van der Waals surface area contributed by atoms with Crippen LogP contribution in [0.3, 0.4) is 0 Å². The third kappa shape index (κ3) is 8.26. The van der Waals surface area contributed by atoms with Crippen LogP contribution in [0.1, 0.15) is 83.6 Å². The number of ether oxygens (including phenoxy) is 1. The molecular formula is C25H37NO. The molecule has 0 saturated carbocycles. The molecule has 1 aliphatic rings. The maximum Gasteiger partial charge on any atom is 0.0901 e. The number of aliphatic imine (C=N–C) groups is 1. The molecule has 1 aliphatic carbocycles. The maximum atomic E-state index is 6.41. The van der Waals surface area contributed by atoms with Crippen LogP contribution in [0, 0.1) is 0 Å². The van der Waals surface area contributed by atoms with E-state index >= 15 is 0 Å². The second-order valence-electron chi connectivity index (χ2n) is 7.62. The Kier molecular flexibility index (Phi) is 10.1. The Morgan fingerprint density at radius 3 is 2.41 bits per heavy atom. The third-order valence-electron chi connectivity index (χ3n) is 5.22. The Morgan fingerprint density at radius 2 is 1.70 bits per heavy atom. The highest BCUT2D eigenvalue weighted by Gasteiger charge is 2.28. The van der Waals surface area contributed by atoms with Gasteiger partial charge in [-0.05, 0) is 24.5 Å². The number of allylic oxidation sites excluding steroid dienone is 1. The van der Waals surface area contributed by atoms with Crippen molar-refractivity contribution in [2.24, 2.45) is 4.99 Å². The minimum absolute atomic E-state index is 0.119. The van der Waals surface area contributed by atoms with Crippen molar-refractivity contribution in [2.75, 3.05) is 6.61 Å². The van der Waals surface area contributed by atoms with E-state index in [1.165, 1.54) is 44.9 Å². The summed E-state index contributed by atoms with van der Waals surface area (Å²) in [6.45, 7) is 5.37. The minimum atomic E-state index is -0.119. The van der Waals surface area contributed by atoms with Crippen molar-refractivity contribution in [3.8, 4) is 0 Å². The van der Waals surface area contributed by atoms with Crippen LogP contribution in [0.4, 0.5) is 0 Å². The number of nitrogens with zero attached hydrogens (tertiary/aromatic N) is 1. The highest BCUT2D eigenvalue weighted by atomic mass is 16.5. The summed E-state index contributed by atoms with van der Waals surface area (Å²) in [4.78, 5) is 4.64. The van der Waals surface area contributed by atoms with Gasteiger partial charge in [0.05, 0.1) is 11.3 Å². The lowest BCUT2D eigenvalue weighted by Gasteiger charge is -2.32. The maximum absolute atomic E-state index is 6.41. The van der Waals surface area contributed by atoms with Crippen LogP contribution in [0.15, 0.2) is 59.2 Å². The predicted molar refractivity (Wildman–Crippen MR) is 117 cm³/mol. The van der Waals surface area contributed by atoms with Gasteiger partial charge in [-0.15, -0.1) is 0 Å². The van der Waals surface area contributed by atoms with Crippen molar-refractivity contribution in [1.82, 2.24) is 0 Å². The van der Waals surface area contributed by atoms with Crippen molar-refractivity contribution in [3.63, 3.8) is 0 Å². The Balaban J connectivity index is 1.91. The zero-order valence-corrected chi connectivity index (χ0v) is 17.3. The molecule has 1 aromatic rings. The average Bonchev–Trinajstić information content (AvgIpc) is 2.71. The zero-order valence-electron chi connectivity index (χ0n) is 17.3. The summed E-state index contributed by atoms with van der Waals surface area (Å²) >= 11 is 0. The first-order valence-electron chi connectivity index (χ1n) is 10.9. The highest BCUT2D eigenvalue weighted by molar-refractivity contribution is 5.80. The molecule has 0 bridgehead atoms. The van der Waals surface area contributed by atoms with Crippen LogP contribution < -0.4 is 0 Å². The molecule has 0 aromatic heterocycles. The van der Waals surface area contributed by atoms with Crippen LogP contribution in [-0.2, 0) is 4.74 Å². The summed E-state index contributed by atoms with van der Waals surface area (Å²) in [5, 5.41) is 0. The molecule has 0 radical (unpaired) electrons. The molecule has 0 N–H and O–H groups in total. The second-order valence-corrected chi connectivity index (χ2v) is 7.62. The summed E-state index contributed by atoms with van der Waals surface area (Å²) < 4.78 is 6.41. The Morgan fingerprint density at radius 1 is 0.963 bits per heavy atom. The smallest absolute Gasteiger partial charge is 0.0901 e. The molecule has 2 nitrogen and oxygen atoms in total. The van der Waals surface area contributed by atoms with Gasteiger partial charge in [0.2, 0.25) is 0 Å². The summed E-state index contributed by atoms with van der Waals surface area (Å²) in [5.41, 5.74) is 2.05. The van der Waals surface area contributed by atoms with E-state index in [1.807, 2.05) is 24.4 Å². The average molecular weight is 368 g/mol. The van der Waals surface area contributed by atoms with Gasteiger partial charge in [0.1, 0.15) is 0 Å². The predicted octanol–water partition coefficient (Wildman–Crippen LogP) is 7.26. The van der Waals surface area contributed by atoms with E-state index in [0.29, 0.717) is 0 Å².